The third kappa shape index (κ3) is 3.40. The van der Waals surface area contributed by atoms with E-state index in [1.165, 1.54) is 5.56 Å². The number of carbonyl (C=O) groups is 2. The number of hydrogen-bond acceptors (Lipinski definition) is 3. The van der Waals surface area contributed by atoms with Gasteiger partial charge in [-0.3, -0.25) is 9.69 Å². The van der Waals surface area contributed by atoms with Gasteiger partial charge in [-0.25, -0.2) is 4.79 Å². The maximum absolute atomic E-state index is 13.1. The second-order valence-electron chi connectivity index (χ2n) is 7.55. The number of aryl methyl sites for hydroxylation is 1. The van der Waals surface area contributed by atoms with Gasteiger partial charge in [0.15, 0.2) is 0 Å². The lowest BCUT2D eigenvalue weighted by molar-refractivity contribution is -0.123. The van der Waals surface area contributed by atoms with Gasteiger partial charge in [0.05, 0.1) is 0 Å². The molecule has 5 heteroatoms. The van der Waals surface area contributed by atoms with Gasteiger partial charge < -0.3 is 9.64 Å². The van der Waals surface area contributed by atoms with E-state index in [1.807, 2.05) is 43.9 Å². The molecule has 0 spiro atoms. The number of carbonyl (C=O) groups excluding carboxylic acids is 2. The Hall–Kier alpha value is -2.04. The molecule has 1 aromatic rings. The zero-order valence-electron chi connectivity index (χ0n) is 14.7. The lowest BCUT2D eigenvalue weighted by atomic mass is 10.0. The van der Waals surface area contributed by atoms with Crippen LogP contribution in [-0.2, 0) is 16.0 Å². The summed E-state index contributed by atoms with van der Waals surface area (Å²) < 4.78 is 5.48. The number of para-hydroxylation sites is 1. The summed E-state index contributed by atoms with van der Waals surface area (Å²) in [6.45, 7) is 6.84. The highest BCUT2D eigenvalue weighted by Crippen LogP contribution is 2.30. The van der Waals surface area contributed by atoms with Crippen molar-refractivity contribution in [2.24, 2.45) is 0 Å². The Balaban J connectivity index is 1.78. The van der Waals surface area contributed by atoms with E-state index in [4.69, 9.17) is 4.74 Å². The quantitative estimate of drug-likeness (QED) is 0.793. The Bertz CT molecular complexity index is 636. The number of likely N-dealkylation sites (tertiary alicyclic amines) is 1. The number of anilines is 1. The standard InChI is InChI=1S/C19H26N2O3/c1-19(2,3)24-18(23)21-13-7-11-16(21)17(22)20-12-6-9-14-8-4-5-10-15(14)20/h4-5,8,10,16H,6-7,9,11-13H2,1-3H3. The van der Waals surface area contributed by atoms with Crippen LogP contribution in [0.4, 0.5) is 10.5 Å². The molecule has 5 nitrogen and oxygen atoms in total. The maximum Gasteiger partial charge on any atom is 0.410 e. The van der Waals surface area contributed by atoms with Gasteiger partial charge in [0.2, 0.25) is 5.91 Å². The van der Waals surface area contributed by atoms with Crippen molar-refractivity contribution >= 4 is 17.7 Å². The summed E-state index contributed by atoms with van der Waals surface area (Å²) in [5, 5.41) is 0. The molecule has 2 aliphatic heterocycles. The monoisotopic (exact) mass is 330 g/mol. The van der Waals surface area contributed by atoms with Gasteiger partial charge in [-0.1, -0.05) is 18.2 Å². The predicted molar refractivity (Wildman–Crippen MR) is 93.1 cm³/mol. The summed E-state index contributed by atoms with van der Waals surface area (Å²) in [5.41, 5.74) is 1.65. The molecule has 0 saturated carbocycles. The molecule has 0 radical (unpaired) electrons. The summed E-state index contributed by atoms with van der Waals surface area (Å²) in [7, 11) is 0. The molecule has 130 valence electrons. The summed E-state index contributed by atoms with van der Waals surface area (Å²) in [5.74, 6) is 0.0190. The van der Waals surface area contributed by atoms with Crippen molar-refractivity contribution in [1.82, 2.24) is 4.90 Å². The molecule has 1 atom stereocenters. The minimum Gasteiger partial charge on any atom is -0.444 e. The zero-order chi connectivity index (χ0) is 17.3. The van der Waals surface area contributed by atoms with Crippen LogP contribution in [0.15, 0.2) is 24.3 Å². The van der Waals surface area contributed by atoms with Crippen LogP contribution >= 0.6 is 0 Å². The first-order valence-corrected chi connectivity index (χ1v) is 8.76. The van der Waals surface area contributed by atoms with Crippen molar-refractivity contribution in [2.75, 3.05) is 18.0 Å². The van der Waals surface area contributed by atoms with Crippen LogP contribution in [-0.4, -0.2) is 41.6 Å². The van der Waals surface area contributed by atoms with E-state index in [1.54, 1.807) is 4.90 Å². The van der Waals surface area contributed by atoms with Gasteiger partial charge >= 0.3 is 6.09 Å². The van der Waals surface area contributed by atoms with Crippen molar-refractivity contribution in [1.29, 1.82) is 0 Å². The third-order valence-electron chi connectivity index (χ3n) is 4.54. The summed E-state index contributed by atoms with van der Waals surface area (Å²) in [6.07, 6.45) is 3.12. The van der Waals surface area contributed by atoms with Crippen LogP contribution in [0, 0.1) is 0 Å². The normalized spacial score (nSPS) is 20.7. The van der Waals surface area contributed by atoms with Crippen LogP contribution in [0.2, 0.25) is 0 Å². The van der Waals surface area contributed by atoms with Gasteiger partial charge in [0.1, 0.15) is 11.6 Å². The molecular formula is C19H26N2O3. The first-order valence-electron chi connectivity index (χ1n) is 8.76. The number of nitrogens with zero attached hydrogens (tertiary/aromatic N) is 2. The Morgan fingerprint density at radius 1 is 1.12 bits per heavy atom. The van der Waals surface area contributed by atoms with Crippen molar-refractivity contribution in [3.8, 4) is 0 Å². The molecule has 1 fully saturated rings. The van der Waals surface area contributed by atoms with Gasteiger partial charge in [-0.2, -0.15) is 0 Å². The maximum atomic E-state index is 13.1. The highest BCUT2D eigenvalue weighted by atomic mass is 16.6. The van der Waals surface area contributed by atoms with Crippen LogP contribution in [0.25, 0.3) is 0 Å². The smallest absolute Gasteiger partial charge is 0.410 e. The largest absolute Gasteiger partial charge is 0.444 e. The minimum atomic E-state index is -0.551. The molecule has 1 saturated heterocycles. The van der Waals surface area contributed by atoms with Crippen molar-refractivity contribution in [2.45, 2.75) is 58.1 Å². The Labute approximate surface area is 143 Å². The van der Waals surface area contributed by atoms with Crippen molar-refractivity contribution < 1.29 is 14.3 Å². The van der Waals surface area contributed by atoms with Crippen LogP contribution < -0.4 is 4.90 Å². The molecule has 2 heterocycles. The van der Waals surface area contributed by atoms with E-state index in [0.29, 0.717) is 19.5 Å². The second-order valence-corrected chi connectivity index (χ2v) is 7.55. The molecular weight excluding hydrogens is 304 g/mol. The number of fused-ring (bicyclic) bond motifs is 1. The Morgan fingerprint density at radius 2 is 1.88 bits per heavy atom. The molecule has 1 aromatic carbocycles. The number of hydrogen-bond donors (Lipinski definition) is 0. The highest BCUT2D eigenvalue weighted by Gasteiger charge is 2.39. The van der Waals surface area contributed by atoms with Gasteiger partial charge in [-0.15, -0.1) is 0 Å². The molecule has 0 bridgehead atoms. The SMILES string of the molecule is CC(C)(C)OC(=O)N1CCCC1C(=O)N1CCCc2ccccc21. The van der Waals surface area contributed by atoms with E-state index in [-0.39, 0.29) is 12.0 Å². The molecule has 0 aromatic heterocycles. The second kappa shape index (κ2) is 6.46. The van der Waals surface area contributed by atoms with Crippen LogP contribution in [0.1, 0.15) is 45.6 Å². The fraction of sp³-hybridized carbons (Fsp3) is 0.579. The average molecular weight is 330 g/mol. The Morgan fingerprint density at radius 3 is 2.62 bits per heavy atom. The first kappa shape index (κ1) is 16.8. The number of amides is 2. The van der Waals surface area contributed by atoms with Gasteiger partial charge in [0, 0.05) is 18.8 Å². The van der Waals surface area contributed by atoms with E-state index in [0.717, 1.165) is 24.9 Å². The summed E-state index contributed by atoms with van der Waals surface area (Å²) in [6, 6.07) is 7.64. The third-order valence-corrected chi connectivity index (χ3v) is 4.54. The van der Waals surface area contributed by atoms with E-state index < -0.39 is 11.6 Å². The first-order chi connectivity index (χ1) is 11.4. The van der Waals surface area contributed by atoms with E-state index in [2.05, 4.69) is 6.07 Å². The summed E-state index contributed by atoms with van der Waals surface area (Å²) >= 11 is 0. The van der Waals surface area contributed by atoms with Gasteiger partial charge in [0.25, 0.3) is 0 Å². The molecule has 2 amide bonds. The van der Waals surface area contributed by atoms with E-state index >= 15 is 0 Å². The number of benzene rings is 1. The molecule has 2 aliphatic rings. The average Bonchev–Trinajstić information content (AvgIpc) is 3.02. The summed E-state index contributed by atoms with van der Waals surface area (Å²) in [4.78, 5) is 29.0. The number of ether oxygens (including phenoxy) is 1. The lowest BCUT2D eigenvalue weighted by Crippen LogP contribution is -2.50. The highest BCUT2D eigenvalue weighted by molar-refractivity contribution is 5.99. The number of rotatable bonds is 1. The van der Waals surface area contributed by atoms with Gasteiger partial charge in [-0.05, 0) is 58.1 Å². The molecule has 1 unspecified atom stereocenters. The van der Waals surface area contributed by atoms with Crippen molar-refractivity contribution in [3.05, 3.63) is 29.8 Å². The molecule has 24 heavy (non-hydrogen) atoms. The minimum absolute atomic E-state index is 0.0190. The fourth-order valence-corrected chi connectivity index (χ4v) is 3.50. The van der Waals surface area contributed by atoms with E-state index in [9.17, 15) is 9.59 Å². The topological polar surface area (TPSA) is 49.9 Å². The molecule has 0 N–H and O–H groups in total. The van der Waals surface area contributed by atoms with Crippen LogP contribution in [0.5, 0.6) is 0 Å². The van der Waals surface area contributed by atoms with Crippen LogP contribution in [0.3, 0.4) is 0 Å². The molecule has 0 aliphatic carbocycles. The van der Waals surface area contributed by atoms with Crippen molar-refractivity contribution in [3.63, 3.8) is 0 Å². The fourth-order valence-electron chi connectivity index (χ4n) is 3.50. The molecule has 3 rings (SSSR count). The lowest BCUT2D eigenvalue weighted by Gasteiger charge is -2.34. The zero-order valence-corrected chi connectivity index (χ0v) is 14.7. The predicted octanol–water partition coefficient (Wildman–Crippen LogP) is 3.37. The Kier molecular flexibility index (Phi) is 4.52.